The quantitative estimate of drug-likeness (QED) is 0.444. The van der Waals surface area contributed by atoms with Gasteiger partial charge in [-0.25, -0.2) is 9.36 Å². The summed E-state index contributed by atoms with van der Waals surface area (Å²) in [5.41, 5.74) is 0.0821. The van der Waals surface area contributed by atoms with E-state index in [0.717, 1.165) is 15.7 Å². The number of ether oxygens (including phenoxy) is 3. The summed E-state index contributed by atoms with van der Waals surface area (Å²) >= 11 is 0. The molecule has 2 aromatic carbocycles. The molecule has 3 aromatic rings. The van der Waals surface area contributed by atoms with Crippen LogP contribution in [0, 0.1) is 6.92 Å². The highest BCUT2D eigenvalue weighted by Gasteiger charge is 2.69. The van der Waals surface area contributed by atoms with Gasteiger partial charge in [-0.3, -0.25) is 14.2 Å². The molecule has 0 aliphatic carbocycles. The summed E-state index contributed by atoms with van der Waals surface area (Å²) in [5.74, 6) is -0.168. The first-order chi connectivity index (χ1) is 17.9. The Labute approximate surface area is 214 Å². The standard InChI is InChI=1S/C28H31N3O6/c1-4-28-23(36-17-21-13-9-6-10-14-21)22(29(3)26(28)33)25(37-28)30-15-19(2)24(32)31(27(30)34)18-35-16-20-11-7-5-8-12-20/h5-15,22-23,25H,4,16-18H2,1-3H3/t22-,23?,25+,28-/m0/s1. The lowest BCUT2D eigenvalue weighted by molar-refractivity contribution is -0.178. The zero-order valence-corrected chi connectivity index (χ0v) is 21.2. The monoisotopic (exact) mass is 505 g/mol. The van der Waals surface area contributed by atoms with Gasteiger partial charge < -0.3 is 19.1 Å². The van der Waals surface area contributed by atoms with Gasteiger partial charge in [0.25, 0.3) is 11.5 Å². The summed E-state index contributed by atoms with van der Waals surface area (Å²) < 4.78 is 20.8. The van der Waals surface area contributed by atoms with Crippen LogP contribution in [0.25, 0.3) is 0 Å². The summed E-state index contributed by atoms with van der Waals surface area (Å²) in [6.45, 7) is 3.89. The molecule has 2 bridgehead atoms. The number of aryl methyl sites for hydroxylation is 1. The van der Waals surface area contributed by atoms with E-state index in [-0.39, 0.29) is 19.2 Å². The third kappa shape index (κ3) is 4.33. The molecular formula is C28H31N3O6. The van der Waals surface area contributed by atoms with Gasteiger partial charge in [-0.1, -0.05) is 67.6 Å². The molecule has 1 unspecified atom stereocenters. The Morgan fingerprint density at radius 3 is 2.19 bits per heavy atom. The van der Waals surface area contributed by atoms with E-state index in [1.165, 1.54) is 10.8 Å². The summed E-state index contributed by atoms with van der Waals surface area (Å²) in [4.78, 5) is 41.2. The molecule has 2 aliphatic rings. The summed E-state index contributed by atoms with van der Waals surface area (Å²) in [6.07, 6.45) is 0.494. The lowest BCUT2D eigenvalue weighted by atomic mass is 9.95. The molecule has 0 radical (unpaired) electrons. The van der Waals surface area contributed by atoms with Crippen LogP contribution in [-0.4, -0.2) is 44.7 Å². The largest absolute Gasteiger partial charge is 0.368 e. The van der Waals surface area contributed by atoms with Crippen molar-refractivity contribution in [1.82, 2.24) is 14.0 Å². The van der Waals surface area contributed by atoms with Crippen LogP contribution in [0.2, 0.25) is 0 Å². The highest BCUT2D eigenvalue weighted by atomic mass is 16.6. The highest BCUT2D eigenvalue weighted by molar-refractivity contribution is 5.90. The molecule has 4 atom stereocenters. The molecule has 5 rings (SSSR count). The van der Waals surface area contributed by atoms with Crippen LogP contribution in [0.4, 0.5) is 0 Å². The molecule has 1 aromatic heterocycles. The van der Waals surface area contributed by atoms with Gasteiger partial charge in [-0.05, 0) is 24.5 Å². The number of carbonyl (C=O) groups is 1. The number of hydrogen-bond donors (Lipinski definition) is 0. The number of morpholine rings is 1. The van der Waals surface area contributed by atoms with Crippen molar-refractivity contribution in [1.29, 1.82) is 0 Å². The van der Waals surface area contributed by atoms with Gasteiger partial charge in [0.2, 0.25) is 0 Å². The number of likely N-dealkylation sites (N-methyl/N-ethyl adjacent to an activating group) is 1. The maximum Gasteiger partial charge on any atom is 0.335 e. The average Bonchev–Trinajstić information content (AvgIpc) is 3.35. The Morgan fingerprint density at radius 2 is 1.57 bits per heavy atom. The lowest BCUT2D eigenvalue weighted by Gasteiger charge is -2.34. The number of hydrogen-bond acceptors (Lipinski definition) is 6. The number of amides is 1. The summed E-state index contributed by atoms with van der Waals surface area (Å²) in [6, 6.07) is 18.7. The van der Waals surface area contributed by atoms with Crippen LogP contribution in [0.1, 0.15) is 36.3 Å². The van der Waals surface area contributed by atoms with Crippen molar-refractivity contribution in [2.75, 3.05) is 7.05 Å². The molecule has 0 N–H and O–H groups in total. The number of fused-ring (bicyclic) bond motifs is 2. The Balaban J connectivity index is 1.44. The molecule has 37 heavy (non-hydrogen) atoms. The number of benzene rings is 2. The second-order valence-electron chi connectivity index (χ2n) is 9.57. The second kappa shape index (κ2) is 10.1. The molecule has 0 spiro atoms. The molecule has 0 saturated carbocycles. The summed E-state index contributed by atoms with van der Waals surface area (Å²) in [5, 5.41) is 0. The van der Waals surface area contributed by atoms with E-state index in [4.69, 9.17) is 14.2 Å². The molecule has 194 valence electrons. The average molecular weight is 506 g/mol. The third-order valence-corrected chi connectivity index (χ3v) is 7.29. The van der Waals surface area contributed by atoms with Gasteiger partial charge in [-0.15, -0.1) is 0 Å². The van der Waals surface area contributed by atoms with Crippen LogP contribution in [0.5, 0.6) is 0 Å². The van der Waals surface area contributed by atoms with Crippen molar-refractivity contribution in [3.63, 3.8) is 0 Å². The maximum absolute atomic E-state index is 13.5. The van der Waals surface area contributed by atoms with E-state index < -0.39 is 35.2 Å². The SMILES string of the molecule is CC[C@]12O[C@@H](n3cc(C)c(=O)n(COCc4ccccc4)c3=O)[C@H](C1OCc1ccccc1)N(C)C2=O. The third-order valence-electron chi connectivity index (χ3n) is 7.29. The van der Waals surface area contributed by atoms with Gasteiger partial charge in [0.1, 0.15) is 18.9 Å². The minimum absolute atomic E-state index is 0.168. The molecule has 1 amide bonds. The minimum Gasteiger partial charge on any atom is -0.368 e. The number of aromatic nitrogens is 2. The zero-order valence-electron chi connectivity index (χ0n) is 21.2. The van der Waals surface area contributed by atoms with Crippen molar-refractivity contribution < 1.29 is 19.0 Å². The fourth-order valence-corrected chi connectivity index (χ4v) is 5.31. The predicted octanol–water partition coefficient (Wildman–Crippen LogP) is 2.60. The van der Waals surface area contributed by atoms with E-state index in [1.54, 1.807) is 18.9 Å². The molecule has 3 heterocycles. The van der Waals surface area contributed by atoms with Gasteiger partial charge in [-0.2, -0.15) is 0 Å². The normalized spacial score (nSPS) is 24.7. The van der Waals surface area contributed by atoms with Gasteiger partial charge in [0.15, 0.2) is 11.8 Å². The number of carbonyl (C=O) groups excluding carboxylic acids is 1. The van der Waals surface area contributed by atoms with E-state index in [1.807, 2.05) is 67.6 Å². The van der Waals surface area contributed by atoms with Crippen molar-refractivity contribution in [2.45, 2.75) is 64.2 Å². The molecule has 2 fully saturated rings. The van der Waals surface area contributed by atoms with Crippen LogP contribution >= 0.6 is 0 Å². The van der Waals surface area contributed by atoms with E-state index in [0.29, 0.717) is 18.6 Å². The lowest BCUT2D eigenvalue weighted by Crippen LogP contribution is -2.52. The molecule has 2 aliphatic heterocycles. The second-order valence-corrected chi connectivity index (χ2v) is 9.57. The van der Waals surface area contributed by atoms with Crippen LogP contribution in [0.3, 0.4) is 0 Å². The molecule has 9 heteroatoms. The fourth-order valence-electron chi connectivity index (χ4n) is 5.31. The Bertz CT molecular complexity index is 1390. The van der Waals surface area contributed by atoms with E-state index in [2.05, 4.69) is 0 Å². The smallest absolute Gasteiger partial charge is 0.335 e. The van der Waals surface area contributed by atoms with Gasteiger partial charge >= 0.3 is 5.69 Å². The first-order valence-corrected chi connectivity index (χ1v) is 12.4. The fraction of sp³-hybridized carbons (Fsp3) is 0.393. The first kappa shape index (κ1) is 25.1. The number of rotatable bonds is 9. The van der Waals surface area contributed by atoms with E-state index in [9.17, 15) is 14.4 Å². The highest BCUT2D eigenvalue weighted by Crippen LogP contribution is 2.49. The molecule has 2 saturated heterocycles. The number of nitrogens with zero attached hydrogens (tertiary/aromatic N) is 3. The van der Waals surface area contributed by atoms with Crippen LogP contribution in [0.15, 0.2) is 76.4 Å². The first-order valence-electron chi connectivity index (χ1n) is 12.4. The maximum atomic E-state index is 13.5. The Morgan fingerprint density at radius 1 is 0.946 bits per heavy atom. The minimum atomic E-state index is -1.21. The summed E-state index contributed by atoms with van der Waals surface area (Å²) in [7, 11) is 1.70. The van der Waals surface area contributed by atoms with Gasteiger partial charge in [0.05, 0.1) is 13.2 Å². The molecule has 9 nitrogen and oxygen atoms in total. The zero-order chi connectivity index (χ0) is 26.2. The van der Waals surface area contributed by atoms with Crippen molar-refractivity contribution in [3.05, 3.63) is 104 Å². The van der Waals surface area contributed by atoms with E-state index >= 15 is 0 Å². The Kier molecular flexibility index (Phi) is 6.85. The van der Waals surface area contributed by atoms with Gasteiger partial charge in [0, 0.05) is 18.8 Å². The van der Waals surface area contributed by atoms with Crippen LogP contribution < -0.4 is 11.2 Å². The molecular weight excluding hydrogens is 474 g/mol. The van der Waals surface area contributed by atoms with Crippen molar-refractivity contribution in [3.8, 4) is 0 Å². The topological polar surface area (TPSA) is 92.0 Å². The number of likely N-dealkylation sites (tertiary alicyclic amines) is 1. The van der Waals surface area contributed by atoms with Crippen molar-refractivity contribution in [2.24, 2.45) is 0 Å². The predicted molar refractivity (Wildman–Crippen MR) is 136 cm³/mol. The van der Waals surface area contributed by atoms with Crippen LogP contribution in [-0.2, 0) is 38.9 Å². The Hall–Kier alpha value is -3.53. The van der Waals surface area contributed by atoms with Crippen molar-refractivity contribution >= 4 is 5.91 Å².